The summed E-state index contributed by atoms with van der Waals surface area (Å²) in [6, 6.07) is 6.28. The van der Waals surface area contributed by atoms with Gasteiger partial charge in [-0.1, -0.05) is 12.1 Å². The molecule has 1 amide bonds. The van der Waals surface area contributed by atoms with E-state index in [1.807, 2.05) is 6.07 Å². The Labute approximate surface area is 113 Å². The molecule has 1 aromatic carbocycles. The van der Waals surface area contributed by atoms with Crippen LogP contribution in [0.5, 0.6) is 0 Å². The molecule has 1 aliphatic rings. The van der Waals surface area contributed by atoms with Crippen molar-refractivity contribution in [3.63, 3.8) is 0 Å². The SMILES string of the molecule is CN1CC(=O)N(c2ccccc2Br)C(C(=O)O)C1. The van der Waals surface area contributed by atoms with Gasteiger partial charge < -0.3 is 5.11 Å². The lowest BCUT2D eigenvalue weighted by molar-refractivity contribution is -0.142. The standard InChI is InChI=1S/C12H13BrN2O3/c1-14-6-10(12(17)18)15(11(16)7-14)9-5-3-2-4-8(9)13/h2-5,10H,6-7H2,1H3,(H,17,18). The fourth-order valence-corrected chi connectivity index (χ4v) is 2.54. The van der Waals surface area contributed by atoms with Crippen LogP contribution in [0.25, 0.3) is 0 Å². The van der Waals surface area contributed by atoms with Crippen LogP contribution < -0.4 is 4.90 Å². The van der Waals surface area contributed by atoms with Gasteiger partial charge in [-0.25, -0.2) is 4.79 Å². The molecule has 96 valence electrons. The van der Waals surface area contributed by atoms with Crippen molar-refractivity contribution >= 4 is 33.5 Å². The first-order valence-corrected chi connectivity index (χ1v) is 6.28. The fraction of sp³-hybridized carbons (Fsp3) is 0.333. The Morgan fingerprint density at radius 1 is 1.44 bits per heavy atom. The topological polar surface area (TPSA) is 60.9 Å². The molecule has 0 spiro atoms. The van der Waals surface area contributed by atoms with Crippen LogP contribution in [-0.4, -0.2) is 48.1 Å². The third kappa shape index (κ3) is 2.39. The second-order valence-electron chi connectivity index (χ2n) is 4.27. The normalized spacial score (nSPS) is 21.1. The van der Waals surface area contributed by atoms with E-state index < -0.39 is 12.0 Å². The van der Waals surface area contributed by atoms with E-state index in [1.54, 1.807) is 30.1 Å². The van der Waals surface area contributed by atoms with Gasteiger partial charge in [-0.15, -0.1) is 0 Å². The molecule has 1 saturated heterocycles. The average Bonchev–Trinajstić information content (AvgIpc) is 2.29. The summed E-state index contributed by atoms with van der Waals surface area (Å²) in [5.41, 5.74) is 0.600. The Bertz CT molecular complexity index is 492. The van der Waals surface area contributed by atoms with Crippen LogP contribution in [0.3, 0.4) is 0 Å². The van der Waals surface area contributed by atoms with Gasteiger partial charge in [-0.3, -0.25) is 14.6 Å². The second kappa shape index (κ2) is 5.07. The smallest absolute Gasteiger partial charge is 0.328 e. The highest BCUT2D eigenvalue weighted by molar-refractivity contribution is 9.10. The Morgan fingerprint density at radius 3 is 2.72 bits per heavy atom. The number of carbonyl (C=O) groups is 2. The minimum Gasteiger partial charge on any atom is -0.480 e. The summed E-state index contributed by atoms with van der Waals surface area (Å²) < 4.78 is 0.717. The number of halogens is 1. The number of aliphatic carboxylic acids is 1. The minimum atomic E-state index is -0.995. The van der Waals surface area contributed by atoms with Crippen LogP contribution in [0.4, 0.5) is 5.69 Å². The van der Waals surface area contributed by atoms with Crippen LogP contribution >= 0.6 is 15.9 Å². The maximum Gasteiger partial charge on any atom is 0.328 e. The van der Waals surface area contributed by atoms with Crippen molar-refractivity contribution in [2.24, 2.45) is 0 Å². The molecule has 18 heavy (non-hydrogen) atoms. The summed E-state index contributed by atoms with van der Waals surface area (Å²) in [5, 5.41) is 9.26. The average molecular weight is 313 g/mol. The van der Waals surface area contributed by atoms with Crippen molar-refractivity contribution in [3.05, 3.63) is 28.7 Å². The fourth-order valence-electron chi connectivity index (χ4n) is 2.06. The first kappa shape index (κ1) is 13.0. The van der Waals surface area contributed by atoms with E-state index in [0.29, 0.717) is 16.7 Å². The molecule has 0 radical (unpaired) electrons. The molecule has 1 fully saturated rings. The number of nitrogens with zero attached hydrogens (tertiary/aromatic N) is 2. The van der Waals surface area contributed by atoms with Gasteiger partial charge in [0.1, 0.15) is 6.04 Å². The summed E-state index contributed by atoms with van der Waals surface area (Å²) in [6.07, 6.45) is 0. The van der Waals surface area contributed by atoms with Crippen molar-refractivity contribution in [2.75, 3.05) is 25.0 Å². The number of benzene rings is 1. The number of rotatable bonds is 2. The number of likely N-dealkylation sites (N-methyl/N-ethyl adjacent to an activating group) is 1. The molecular formula is C12H13BrN2O3. The zero-order valence-electron chi connectivity index (χ0n) is 9.84. The molecule has 1 atom stereocenters. The number of amides is 1. The van der Waals surface area contributed by atoms with Crippen molar-refractivity contribution < 1.29 is 14.7 Å². The molecule has 2 rings (SSSR count). The van der Waals surface area contributed by atoms with Gasteiger partial charge >= 0.3 is 5.97 Å². The van der Waals surface area contributed by atoms with E-state index in [-0.39, 0.29) is 12.5 Å². The highest BCUT2D eigenvalue weighted by Gasteiger charge is 2.37. The van der Waals surface area contributed by atoms with Gasteiger partial charge in [0, 0.05) is 11.0 Å². The molecule has 0 saturated carbocycles. The summed E-state index contributed by atoms with van der Waals surface area (Å²) >= 11 is 3.35. The van der Waals surface area contributed by atoms with Crippen LogP contribution in [-0.2, 0) is 9.59 Å². The Hall–Kier alpha value is -1.40. The molecule has 1 aromatic rings. The number of anilines is 1. The third-order valence-electron chi connectivity index (χ3n) is 2.87. The molecule has 1 heterocycles. The molecule has 0 aliphatic carbocycles. The molecule has 0 bridgehead atoms. The van der Waals surface area contributed by atoms with Crippen molar-refractivity contribution in [1.82, 2.24) is 4.90 Å². The summed E-state index contributed by atoms with van der Waals surface area (Å²) in [6.45, 7) is 0.549. The van der Waals surface area contributed by atoms with Crippen LogP contribution in [0.15, 0.2) is 28.7 Å². The number of piperazine rings is 1. The lowest BCUT2D eigenvalue weighted by atomic mass is 10.1. The largest absolute Gasteiger partial charge is 0.480 e. The second-order valence-corrected chi connectivity index (χ2v) is 5.12. The monoisotopic (exact) mass is 312 g/mol. The van der Waals surface area contributed by atoms with E-state index in [4.69, 9.17) is 0 Å². The van der Waals surface area contributed by atoms with Crippen LogP contribution in [0, 0.1) is 0 Å². The Morgan fingerprint density at radius 2 is 2.11 bits per heavy atom. The Balaban J connectivity index is 2.42. The van der Waals surface area contributed by atoms with Gasteiger partial charge in [-0.2, -0.15) is 0 Å². The van der Waals surface area contributed by atoms with E-state index >= 15 is 0 Å². The first-order valence-electron chi connectivity index (χ1n) is 5.48. The lowest BCUT2D eigenvalue weighted by Gasteiger charge is -2.37. The van der Waals surface area contributed by atoms with E-state index in [0.717, 1.165) is 0 Å². The number of hydrogen-bond acceptors (Lipinski definition) is 3. The summed E-state index contributed by atoms with van der Waals surface area (Å²) in [5.74, 6) is -1.20. The van der Waals surface area contributed by atoms with Gasteiger partial charge in [0.25, 0.3) is 0 Å². The highest BCUT2D eigenvalue weighted by atomic mass is 79.9. The van der Waals surface area contributed by atoms with Gasteiger partial charge in [0.2, 0.25) is 5.91 Å². The maximum atomic E-state index is 12.1. The molecule has 1 N–H and O–H groups in total. The molecule has 6 heteroatoms. The van der Waals surface area contributed by atoms with Crippen molar-refractivity contribution in [3.8, 4) is 0 Å². The van der Waals surface area contributed by atoms with E-state index in [9.17, 15) is 14.7 Å². The number of carboxylic acid groups (broad SMARTS) is 1. The lowest BCUT2D eigenvalue weighted by Crippen LogP contribution is -2.58. The van der Waals surface area contributed by atoms with E-state index in [1.165, 1.54) is 4.90 Å². The minimum absolute atomic E-state index is 0.206. The molecular weight excluding hydrogens is 300 g/mol. The molecule has 5 nitrogen and oxygen atoms in total. The first-order chi connectivity index (χ1) is 8.50. The maximum absolute atomic E-state index is 12.1. The van der Waals surface area contributed by atoms with Gasteiger partial charge in [-0.05, 0) is 35.1 Å². The quantitative estimate of drug-likeness (QED) is 0.891. The van der Waals surface area contributed by atoms with Gasteiger partial charge in [0.15, 0.2) is 0 Å². The third-order valence-corrected chi connectivity index (χ3v) is 3.54. The number of para-hydroxylation sites is 1. The summed E-state index contributed by atoms with van der Waals surface area (Å²) in [7, 11) is 1.74. The number of hydrogen-bond donors (Lipinski definition) is 1. The summed E-state index contributed by atoms with van der Waals surface area (Å²) in [4.78, 5) is 26.4. The Kier molecular flexibility index (Phi) is 3.68. The predicted octanol–water partition coefficient (Wildman–Crippen LogP) is 1.18. The zero-order chi connectivity index (χ0) is 13.3. The molecule has 1 aliphatic heterocycles. The predicted molar refractivity (Wildman–Crippen MR) is 70.5 cm³/mol. The van der Waals surface area contributed by atoms with Gasteiger partial charge in [0.05, 0.1) is 12.2 Å². The highest BCUT2D eigenvalue weighted by Crippen LogP contribution is 2.29. The van der Waals surface area contributed by atoms with Crippen LogP contribution in [0.2, 0.25) is 0 Å². The van der Waals surface area contributed by atoms with E-state index in [2.05, 4.69) is 15.9 Å². The van der Waals surface area contributed by atoms with Crippen molar-refractivity contribution in [1.29, 1.82) is 0 Å². The number of carboxylic acids is 1. The van der Waals surface area contributed by atoms with Crippen molar-refractivity contribution in [2.45, 2.75) is 6.04 Å². The number of carbonyl (C=O) groups excluding carboxylic acids is 1. The molecule has 0 aromatic heterocycles. The van der Waals surface area contributed by atoms with Crippen LogP contribution in [0.1, 0.15) is 0 Å². The zero-order valence-corrected chi connectivity index (χ0v) is 11.4. The molecule has 1 unspecified atom stereocenters.